The van der Waals surface area contributed by atoms with Gasteiger partial charge in [0.15, 0.2) is 5.82 Å². The van der Waals surface area contributed by atoms with E-state index in [0.717, 1.165) is 17.1 Å². The van der Waals surface area contributed by atoms with Crippen LogP contribution in [0, 0.1) is 6.92 Å². The van der Waals surface area contributed by atoms with Crippen LogP contribution in [0.3, 0.4) is 0 Å². The van der Waals surface area contributed by atoms with Crippen LogP contribution in [0.15, 0.2) is 65.7 Å². The van der Waals surface area contributed by atoms with Crippen LogP contribution in [0.1, 0.15) is 16.8 Å². The minimum absolute atomic E-state index is 0.0804. The predicted molar refractivity (Wildman–Crippen MR) is 107 cm³/mol. The van der Waals surface area contributed by atoms with E-state index in [1.54, 1.807) is 10.9 Å². The van der Waals surface area contributed by atoms with Gasteiger partial charge in [0.05, 0.1) is 18.9 Å². The average Bonchev–Trinajstić information content (AvgIpc) is 3.41. The molecule has 6 nitrogen and oxygen atoms in total. The third-order valence-corrected chi connectivity index (χ3v) is 5.40. The Morgan fingerprint density at radius 1 is 1.00 bits per heavy atom. The summed E-state index contributed by atoms with van der Waals surface area (Å²) in [6.45, 7) is 3.23. The summed E-state index contributed by atoms with van der Waals surface area (Å²) in [7, 11) is 1.90. The summed E-state index contributed by atoms with van der Waals surface area (Å²) in [5.74, 6) is 0.645. The number of rotatable bonds is 3. The largest absolute Gasteiger partial charge is 0.372 e. The van der Waals surface area contributed by atoms with Crippen molar-refractivity contribution in [2.45, 2.75) is 20.1 Å². The van der Waals surface area contributed by atoms with E-state index in [4.69, 9.17) is 4.74 Å². The van der Waals surface area contributed by atoms with Gasteiger partial charge in [-0.3, -0.25) is 14.0 Å². The second kappa shape index (κ2) is 6.35. The first kappa shape index (κ1) is 16.8. The number of benzene rings is 2. The lowest BCUT2D eigenvalue weighted by atomic mass is 10.1. The quantitative estimate of drug-likeness (QED) is 0.554. The molecule has 2 aromatic carbocycles. The number of para-hydroxylation sites is 1. The summed E-state index contributed by atoms with van der Waals surface area (Å²) in [5, 5.41) is 0. The van der Waals surface area contributed by atoms with Gasteiger partial charge in [-0.25, -0.2) is 9.67 Å². The Morgan fingerprint density at radius 2 is 1.79 bits per heavy atom. The predicted octanol–water partition coefficient (Wildman–Crippen LogP) is 3.37. The zero-order valence-electron chi connectivity index (χ0n) is 15.8. The van der Waals surface area contributed by atoms with Crippen LogP contribution < -0.4 is 5.56 Å². The molecule has 0 unspecified atom stereocenters. The molecule has 0 aliphatic carbocycles. The Hall–Kier alpha value is -3.38. The maximum absolute atomic E-state index is 13.3. The molecule has 0 atom stereocenters. The van der Waals surface area contributed by atoms with E-state index >= 15 is 0 Å². The molecular weight excluding hydrogens is 352 g/mol. The first-order valence-corrected chi connectivity index (χ1v) is 9.23. The topological polar surface area (TPSA) is 54.0 Å². The average molecular weight is 372 g/mol. The summed E-state index contributed by atoms with van der Waals surface area (Å²) < 4.78 is 11.1. The first-order valence-electron chi connectivity index (χ1n) is 9.23. The van der Waals surface area contributed by atoms with Crippen LogP contribution in [-0.4, -0.2) is 18.9 Å². The maximum atomic E-state index is 13.3. The lowest BCUT2D eigenvalue weighted by molar-refractivity contribution is 0.134. The molecule has 3 heterocycles. The Kier molecular flexibility index (Phi) is 3.80. The minimum Gasteiger partial charge on any atom is -0.372 e. The number of aromatic nitrogens is 4. The highest BCUT2D eigenvalue weighted by Gasteiger charge is 2.22. The summed E-state index contributed by atoms with van der Waals surface area (Å²) >= 11 is 0. The van der Waals surface area contributed by atoms with E-state index in [1.807, 2.05) is 65.8 Å². The second-order valence-electron chi connectivity index (χ2n) is 7.00. The molecule has 5 rings (SSSR count). The Morgan fingerprint density at radius 3 is 2.61 bits per heavy atom. The third-order valence-electron chi connectivity index (χ3n) is 5.40. The van der Waals surface area contributed by atoms with Gasteiger partial charge in [0.25, 0.3) is 5.56 Å². The highest BCUT2D eigenvalue weighted by Crippen LogP contribution is 2.27. The van der Waals surface area contributed by atoms with E-state index in [0.29, 0.717) is 24.6 Å². The van der Waals surface area contributed by atoms with Gasteiger partial charge in [-0.15, -0.1) is 0 Å². The molecule has 0 N–H and O–H groups in total. The van der Waals surface area contributed by atoms with Crippen LogP contribution in [-0.2, 0) is 25.0 Å². The summed E-state index contributed by atoms with van der Waals surface area (Å²) in [5.41, 5.74) is 5.60. The molecule has 1 aliphatic rings. The molecule has 0 bridgehead atoms. The fraction of sp³-hybridized carbons (Fsp3) is 0.182. The molecule has 0 amide bonds. The van der Waals surface area contributed by atoms with E-state index in [-0.39, 0.29) is 5.56 Å². The van der Waals surface area contributed by atoms with Gasteiger partial charge in [0.2, 0.25) is 0 Å². The SMILES string of the molecule is Cc1c(-c2nccn2-c2ccc3c(c2)COC3)c(=O)n(-c2ccccc2)n1C. The summed E-state index contributed by atoms with van der Waals surface area (Å²) in [6, 6.07) is 15.9. The smallest absolute Gasteiger partial charge is 0.282 e. The van der Waals surface area contributed by atoms with Crippen molar-refractivity contribution in [1.82, 2.24) is 18.9 Å². The van der Waals surface area contributed by atoms with Gasteiger partial charge in [-0.2, -0.15) is 0 Å². The number of ether oxygens (including phenoxy) is 1. The third kappa shape index (κ3) is 2.46. The molecular formula is C22H20N4O2. The van der Waals surface area contributed by atoms with Crippen molar-refractivity contribution in [2.24, 2.45) is 7.05 Å². The van der Waals surface area contributed by atoms with Crippen molar-refractivity contribution in [1.29, 1.82) is 0 Å². The van der Waals surface area contributed by atoms with Crippen molar-refractivity contribution in [3.63, 3.8) is 0 Å². The number of hydrogen-bond acceptors (Lipinski definition) is 3. The first-order chi connectivity index (χ1) is 13.6. The fourth-order valence-electron chi connectivity index (χ4n) is 3.83. The van der Waals surface area contributed by atoms with Crippen molar-refractivity contribution in [3.05, 3.63) is 88.1 Å². The Labute approximate surface area is 162 Å². The maximum Gasteiger partial charge on any atom is 0.282 e. The van der Waals surface area contributed by atoms with E-state index in [9.17, 15) is 4.79 Å². The number of nitrogens with zero attached hydrogens (tertiary/aromatic N) is 4. The standard InChI is InChI=1S/C22H20N4O2/c1-15-20(22(27)26(24(15)2)18-6-4-3-5-7-18)21-23-10-11-25(21)19-9-8-16-13-28-14-17(16)12-19/h3-12H,13-14H2,1-2H3. The molecule has 140 valence electrons. The zero-order valence-corrected chi connectivity index (χ0v) is 15.8. The Bertz CT molecular complexity index is 1230. The molecule has 4 aromatic rings. The van der Waals surface area contributed by atoms with Crippen LogP contribution in [0.2, 0.25) is 0 Å². The molecule has 0 saturated carbocycles. The van der Waals surface area contributed by atoms with Gasteiger partial charge < -0.3 is 4.74 Å². The minimum atomic E-state index is -0.0804. The lowest BCUT2D eigenvalue weighted by Gasteiger charge is -2.09. The molecule has 0 fully saturated rings. The number of imidazole rings is 1. The van der Waals surface area contributed by atoms with Gasteiger partial charge >= 0.3 is 0 Å². The van der Waals surface area contributed by atoms with E-state index in [1.165, 1.54) is 11.1 Å². The van der Waals surface area contributed by atoms with Gasteiger partial charge in [0, 0.05) is 30.8 Å². The van der Waals surface area contributed by atoms with Crippen LogP contribution in [0.5, 0.6) is 0 Å². The molecule has 2 aromatic heterocycles. The van der Waals surface area contributed by atoms with Gasteiger partial charge in [0.1, 0.15) is 5.56 Å². The second-order valence-corrected chi connectivity index (χ2v) is 7.00. The fourth-order valence-corrected chi connectivity index (χ4v) is 3.83. The van der Waals surface area contributed by atoms with Crippen molar-refractivity contribution >= 4 is 0 Å². The van der Waals surface area contributed by atoms with E-state index in [2.05, 4.69) is 17.1 Å². The number of hydrogen-bond donors (Lipinski definition) is 0. The van der Waals surface area contributed by atoms with E-state index < -0.39 is 0 Å². The van der Waals surface area contributed by atoms with Gasteiger partial charge in [-0.1, -0.05) is 24.3 Å². The highest BCUT2D eigenvalue weighted by molar-refractivity contribution is 5.62. The molecule has 0 saturated heterocycles. The highest BCUT2D eigenvalue weighted by atomic mass is 16.5. The molecule has 1 aliphatic heterocycles. The summed E-state index contributed by atoms with van der Waals surface area (Å²) in [4.78, 5) is 17.9. The molecule has 0 spiro atoms. The van der Waals surface area contributed by atoms with Crippen LogP contribution in [0.25, 0.3) is 22.8 Å². The number of fused-ring (bicyclic) bond motifs is 1. The zero-order chi connectivity index (χ0) is 19.3. The molecule has 6 heteroatoms. The molecule has 0 radical (unpaired) electrons. The Balaban J connectivity index is 1.69. The van der Waals surface area contributed by atoms with Gasteiger partial charge in [-0.05, 0) is 42.3 Å². The van der Waals surface area contributed by atoms with Crippen molar-refractivity contribution in [2.75, 3.05) is 0 Å². The van der Waals surface area contributed by atoms with Crippen molar-refractivity contribution < 1.29 is 4.74 Å². The molecule has 28 heavy (non-hydrogen) atoms. The normalized spacial score (nSPS) is 13.1. The van der Waals surface area contributed by atoms with Crippen LogP contribution >= 0.6 is 0 Å². The lowest BCUT2D eigenvalue weighted by Crippen LogP contribution is -2.20. The van der Waals surface area contributed by atoms with Crippen molar-refractivity contribution in [3.8, 4) is 22.8 Å². The summed E-state index contributed by atoms with van der Waals surface area (Å²) in [6.07, 6.45) is 3.63. The van der Waals surface area contributed by atoms with Crippen LogP contribution in [0.4, 0.5) is 0 Å². The monoisotopic (exact) mass is 372 g/mol.